The van der Waals surface area contributed by atoms with E-state index in [1.807, 2.05) is 30.0 Å². The van der Waals surface area contributed by atoms with Gasteiger partial charge in [0.15, 0.2) is 5.76 Å². The number of furan rings is 1. The number of benzene rings is 1. The average molecular weight is 358 g/mol. The van der Waals surface area contributed by atoms with Gasteiger partial charge in [-0.05, 0) is 44.4 Å². The summed E-state index contributed by atoms with van der Waals surface area (Å²) in [4.78, 5) is 26.3. The third-order valence-electron chi connectivity index (χ3n) is 4.91. The maximum absolute atomic E-state index is 12.4. The number of hydrogen-bond acceptors (Lipinski definition) is 4. The van der Waals surface area contributed by atoms with Crippen molar-refractivity contribution in [3.8, 4) is 5.75 Å². The smallest absolute Gasteiger partial charge is 0.287 e. The van der Waals surface area contributed by atoms with E-state index in [1.54, 1.807) is 7.11 Å². The molecule has 1 aliphatic rings. The molecule has 140 valence electrons. The van der Waals surface area contributed by atoms with Crippen LogP contribution in [0.15, 0.2) is 22.6 Å². The van der Waals surface area contributed by atoms with E-state index in [1.165, 1.54) is 0 Å². The van der Waals surface area contributed by atoms with Gasteiger partial charge in [-0.2, -0.15) is 0 Å². The topological polar surface area (TPSA) is 71.8 Å². The Bertz CT molecular complexity index is 796. The molecule has 1 N–H and O–H groups in total. The number of nitrogens with zero attached hydrogens (tertiary/aromatic N) is 1. The third-order valence-corrected chi connectivity index (χ3v) is 4.91. The van der Waals surface area contributed by atoms with Gasteiger partial charge >= 0.3 is 0 Å². The Hall–Kier alpha value is -2.50. The Balaban J connectivity index is 1.56. The lowest BCUT2D eigenvalue weighted by atomic mass is 10.1. The largest absolute Gasteiger partial charge is 0.497 e. The van der Waals surface area contributed by atoms with Crippen LogP contribution in [0.5, 0.6) is 5.75 Å². The molecule has 2 heterocycles. The number of hydrogen-bond donors (Lipinski definition) is 1. The summed E-state index contributed by atoms with van der Waals surface area (Å²) >= 11 is 0. The first-order chi connectivity index (χ1) is 12.6. The predicted molar refractivity (Wildman–Crippen MR) is 99.5 cm³/mol. The monoisotopic (exact) mass is 358 g/mol. The van der Waals surface area contributed by atoms with Crippen LogP contribution in [-0.4, -0.2) is 43.5 Å². The third kappa shape index (κ3) is 4.00. The van der Waals surface area contributed by atoms with Gasteiger partial charge in [-0.25, -0.2) is 0 Å². The van der Waals surface area contributed by atoms with Crippen molar-refractivity contribution in [1.29, 1.82) is 0 Å². The Morgan fingerprint density at radius 2 is 2.15 bits per heavy atom. The number of methoxy groups -OCH3 is 1. The molecule has 0 unspecified atom stereocenters. The van der Waals surface area contributed by atoms with E-state index < -0.39 is 0 Å². The molecular formula is C20H26N2O4. The van der Waals surface area contributed by atoms with Gasteiger partial charge in [0.2, 0.25) is 5.91 Å². The van der Waals surface area contributed by atoms with Gasteiger partial charge in [-0.15, -0.1) is 0 Å². The molecule has 1 saturated heterocycles. The summed E-state index contributed by atoms with van der Waals surface area (Å²) in [6, 6.07) is 5.49. The number of fused-ring (bicyclic) bond motifs is 1. The van der Waals surface area contributed by atoms with Crippen LogP contribution in [0.3, 0.4) is 0 Å². The van der Waals surface area contributed by atoms with E-state index in [4.69, 9.17) is 9.15 Å². The molecular weight excluding hydrogens is 332 g/mol. The van der Waals surface area contributed by atoms with Gasteiger partial charge in [0.1, 0.15) is 11.3 Å². The summed E-state index contributed by atoms with van der Waals surface area (Å²) in [6.07, 6.45) is 4.57. The normalized spacial score (nSPS) is 15.2. The molecule has 2 amide bonds. The minimum atomic E-state index is -0.222. The molecule has 3 rings (SSSR count). The van der Waals surface area contributed by atoms with E-state index >= 15 is 0 Å². The first-order valence-electron chi connectivity index (χ1n) is 9.23. The summed E-state index contributed by atoms with van der Waals surface area (Å²) in [6.45, 7) is 3.91. The molecule has 1 aliphatic heterocycles. The number of rotatable bonds is 6. The number of nitrogens with one attached hydrogen (secondary N) is 1. The first-order valence-corrected chi connectivity index (χ1v) is 9.23. The summed E-state index contributed by atoms with van der Waals surface area (Å²) in [5, 5.41) is 3.78. The maximum atomic E-state index is 12.4. The fraction of sp³-hybridized carbons (Fsp3) is 0.500. The number of aryl methyl sites for hydroxylation is 1. The molecule has 0 aliphatic carbocycles. The van der Waals surface area contributed by atoms with Crippen molar-refractivity contribution in [3.63, 3.8) is 0 Å². The molecule has 0 radical (unpaired) electrons. The fourth-order valence-corrected chi connectivity index (χ4v) is 3.37. The van der Waals surface area contributed by atoms with Crippen molar-refractivity contribution in [2.75, 3.05) is 26.7 Å². The van der Waals surface area contributed by atoms with Crippen molar-refractivity contribution in [1.82, 2.24) is 10.2 Å². The van der Waals surface area contributed by atoms with Crippen molar-refractivity contribution >= 4 is 22.8 Å². The molecule has 1 aromatic carbocycles. The lowest BCUT2D eigenvalue weighted by Gasteiger charge is -2.20. The highest BCUT2D eigenvalue weighted by Crippen LogP contribution is 2.28. The minimum Gasteiger partial charge on any atom is -0.497 e. The SMILES string of the molecule is COc1ccc2oc(C(=O)NCCCN3CCCCCC3=O)c(C)c2c1. The second-order valence-corrected chi connectivity index (χ2v) is 6.72. The minimum absolute atomic E-state index is 0.222. The molecule has 2 aromatic rings. The Morgan fingerprint density at radius 3 is 2.96 bits per heavy atom. The lowest BCUT2D eigenvalue weighted by molar-refractivity contribution is -0.130. The molecule has 1 aromatic heterocycles. The first kappa shape index (κ1) is 18.3. The number of carbonyl (C=O) groups excluding carboxylic acids is 2. The number of likely N-dealkylation sites (tertiary alicyclic amines) is 1. The van der Waals surface area contributed by atoms with E-state index in [-0.39, 0.29) is 11.8 Å². The highest BCUT2D eigenvalue weighted by Gasteiger charge is 2.19. The summed E-state index contributed by atoms with van der Waals surface area (Å²) in [7, 11) is 1.61. The molecule has 0 saturated carbocycles. The van der Waals surface area contributed by atoms with Crippen LogP contribution in [0, 0.1) is 6.92 Å². The predicted octanol–water partition coefficient (Wildman–Crippen LogP) is 3.27. The molecule has 0 atom stereocenters. The van der Waals surface area contributed by atoms with Gasteiger partial charge in [-0.3, -0.25) is 9.59 Å². The fourth-order valence-electron chi connectivity index (χ4n) is 3.37. The zero-order valence-corrected chi connectivity index (χ0v) is 15.5. The van der Waals surface area contributed by atoms with Crippen LogP contribution in [0.25, 0.3) is 11.0 Å². The number of amides is 2. The number of carbonyl (C=O) groups is 2. The quantitative estimate of drug-likeness (QED) is 0.805. The van der Waals surface area contributed by atoms with Gasteiger partial charge in [-0.1, -0.05) is 6.42 Å². The van der Waals surface area contributed by atoms with Crippen LogP contribution >= 0.6 is 0 Å². The van der Waals surface area contributed by atoms with Crippen molar-refractivity contribution < 1.29 is 18.7 Å². The summed E-state index contributed by atoms with van der Waals surface area (Å²) in [5.41, 5.74) is 1.47. The molecule has 0 bridgehead atoms. The Morgan fingerprint density at radius 1 is 1.31 bits per heavy atom. The van der Waals surface area contributed by atoms with Crippen LogP contribution in [0.1, 0.15) is 48.2 Å². The van der Waals surface area contributed by atoms with Crippen molar-refractivity contribution in [2.45, 2.75) is 39.0 Å². The van der Waals surface area contributed by atoms with Crippen LogP contribution in [0.2, 0.25) is 0 Å². The van der Waals surface area contributed by atoms with Crippen LogP contribution in [0.4, 0.5) is 0 Å². The maximum Gasteiger partial charge on any atom is 0.287 e. The lowest BCUT2D eigenvalue weighted by Crippen LogP contribution is -2.34. The van der Waals surface area contributed by atoms with Gasteiger partial charge in [0, 0.05) is 37.0 Å². The summed E-state index contributed by atoms with van der Waals surface area (Å²) < 4.78 is 10.9. The standard InChI is InChI=1S/C20H26N2O4/c1-14-16-13-15(25-2)8-9-17(16)26-19(14)20(24)21-10-6-12-22-11-5-3-4-7-18(22)23/h8-9,13H,3-7,10-12H2,1-2H3,(H,21,24). The Labute approximate surface area is 153 Å². The van der Waals surface area contributed by atoms with Crippen molar-refractivity contribution in [3.05, 3.63) is 29.5 Å². The highest BCUT2D eigenvalue weighted by atomic mass is 16.5. The molecule has 6 heteroatoms. The zero-order valence-electron chi connectivity index (χ0n) is 15.5. The average Bonchev–Trinajstić information content (AvgIpc) is 2.84. The van der Waals surface area contributed by atoms with Crippen LogP contribution < -0.4 is 10.1 Å². The van der Waals surface area contributed by atoms with E-state index in [2.05, 4.69) is 5.32 Å². The molecule has 6 nitrogen and oxygen atoms in total. The van der Waals surface area contributed by atoms with Gasteiger partial charge in [0.05, 0.1) is 7.11 Å². The highest BCUT2D eigenvalue weighted by molar-refractivity contribution is 5.99. The summed E-state index contributed by atoms with van der Waals surface area (Å²) in [5.74, 6) is 1.07. The number of ether oxygens (including phenoxy) is 1. The second-order valence-electron chi connectivity index (χ2n) is 6.72. The van der Waals surface area contributed by atoms with E-state index in [9.17, 15) is 9.59 Å². The van der Waals surface area contributed by atoms with Gasteiger partial charge in [0.25, 0.3) is 5.91 Å². The molecule has 0 spiro atoms. The van der Waals surface area contributed by atoms with E-state index in [0.29, 0.717) is 30.9 Å². The Kier molecular flexibility index (Phi) is 5.81. The van der Waals surface area contributed by atoms with Crippen molar-refractivity contribution in [2.24, 2.45) is 0 Å². The van der Waals surface area contributed by atoms with Crippen LogP contribution in [-0.2, 0) is 4.79 Å². The van der Waals surface area contributed by atoms with Gasteiger partial charge < -0.3 is 19.4 Å². The second kappa shape index (κ2) is 8.25. The molecule has 1 fully saturated rings. The zero-order chi connectivity index (χ0) is 18.5. The van der Waals surface area contributed by atoms with E-state index in [0.717, 1.165) is 48.9 Å². The molecule has 26 heavy (non-hydrogen) atoms.